The van der Waals surface area contributed by atoms with E-state index in [1.807, 2.05) is 13.8 Å². The van der Waals surface area contributed by atoms with Gasteiger partial charge in [0.25, 0.3) is 0 Å². The Bertz CT molecular complexity index is 1160. The van der Waals surface area contributed by atoms with Crippen LogP contribution in [-0.2, 0) is 4.74 Å². The van der Waals surface area contributed by atoms with Crippen LogP contribution >= 0.6 is 0 Å². The van der Waals surface area contributed by atoms with Crippen molar-refractivity contribution in [3.05, 3.63) is 54.1 Å². The molecule has 0 aliphatic heterocycles. The molecule has 0 bridgehead atoms. The number of hydrogen-bond donors (Lipinski definition) is 0. The molecule has 0 aliphatic rings. The van der Waals surface area contributed by atoms with Gasteiger partial charge >= 0.3 is 5.97 Å². The molecule has 3 nitrogen and oxygen atoms in total. The van der Waals surface area contributed by atoms with Crippen LogP contribution in [0.4, 0.5) is 0 Å². The third-order valence-electron chi connectivity index (χ3n) is 3.91. The normalized spacial score (nSPS) is 22.1. The number of ether oxygens (including phenoxy) is 2. The van der Waals surface area contributed by atoms with Crippen molar-refractivity contribution in [2.24, 2.45) is 5.92 Å². The predicted octanol–water partition coefficient (Wildman–Crippen LogP) is 6.52. The Labute approximate surface area is 182 Å². The van der Waals surface area contributed by atoms with Crippen LogP contribution in [0.15, 0.2) is 48.5 Å². The van der Waals surface area contributed by atoms with E-state index in [4.69, 9.17) is 27.3 Å². The molecule has 0 amide bonds. The van der Waals surface area contributed by atoms with Crippen molar-refractivity contribution < 1.29 is 32.1 Å². The summed E-state index contributed by atoms with van der Waals surface area (Å²) in [7, 11) is 0. The summed E-state index contributed by atoms with van der Waals surface area (Å²) in [5.74, 6) is -0.468. The maximum atomic E-state index is 12.2. The molecular formula is C24H32O3. The average molecular weight is 382 g/mol. The number of hydrogen-bond acceptors (Lipinski definition) is 3. The number of rotatable bonds is 11. The molecule has 0 heterocycles. The van der Waals surface area contributed by atoms with Crippen LogP contribution in [0.25, 0.3) is 11.1 Å². The van der Waals surface area contributed by atoms with E-state index in [-0.39, 0.29) is 11.7 Å². The van der Waals surface area contributed by atoms with Crippen LogP contribution in [0, 0.1) is 5.92 Å². The molecule has 27 heavy (non-hydrogen) atoms. The summed E-state index contributed by atoms with van der Waals surface area (Å²) in [6.45, 7) is -2.96. The molecule has 0 fully saturated rings. The summed E-state index contributed by atoms with van der Waals surface area (Å²) in [5.41, 5.74) is 1.66. The van der Waals surface area contributed by atoms with Gasteiger partial charge in [-0.1, -0.05) is 70.5 Å². The van der Waals surface area contributed by atoms with Crippen molar-refractivity contribution in [1.82, 2.24) is 0 Å². The van der Waals surface area contributed by atoms with Crippen LogP contribution < -0.4 is 4.74 Å². The van der Waals surface area contributed by atoms with E-state index in [9.17, 15) is 4.79 Å². The summed E-state index contributed by atoms with van der Waals surface area (Å²) >= 11 is 0. The van der Waals surface area contributed by atoms with Crippen molar-refractivity contribution in [2.45, 2.75) is 52.6 Å². The first-order valence-electron chi connectivity index (χ1n) is 15.1. The molecule has 1 unspecified atom stereocenters. The van der Waals surface area contributed by atoms with E-state index in [0.717, 1.165) is 6.42 Å². The molecule has 1 atom stereocenters. The quantitative estimate of drug-likeness (QED) is 0.416. The van der Waals surface area contributed by atoms with Gasteiger partial charge in [-0.25, -0.2) is 4.79 Å². The first kappa shape index (κ1) is 9.27. The van der Waals surface area contributed by atoms with Crippen molar-refractivity contribution in [2.75, 3.05) is 13.2 Å². The van der Waals surface area contributed by atoms with Crippen LogP contribution in [0.3, 0.4) is 0 Å². The maximum Gasteiger partial charge on any atom is 0.338 e. The molecule has 2 rings (SSSR count). The van der Waals surface area contributed by atoms with Crippen molar-refractivity contribution >= 4 is 5.97 Å². The van der Waals surface area contributed by atoms with Gasteiger partial charge in [0.05, 0.1) is 21.5 Å². The highest BCUT2D eigenvalue weighted by Gasteiger charge is 2.09. The Balaban J connectivity index is 2.24. The zero-order valence-corrected chi connectivity index (χ0v) is 15.3. The Hall–Kier alpha value is -2.29. The maximum absolute atomic E-state index is 12.2. The smallest absolute Gasteiger partial charge is 0.338 e. The van der Waals surface area contributed by atoms with Gasteiger partial charge in [-0.05, 0) is 47.7 Å². The molecule has 0 radical (unpaired) electrons. The highest BCUT2D eigenvalue weighted by Crippen LogP contribution is 2.23. The third-order valence-corrected chi connectivity index (χ3v) is 3.91. The monoisotopic (exact) mass is 381 g/mol. The lowest BCUT2D eigenvalue weighted by Gasteiger charge is -2.10. The highest BCUT2D eigenvalue weighted by molar-refractivity contribution is 5.90. The summed E-state index contributed by atoms with van der Waals surface area (Å²) in [6.07, 6.45) is -14.8. The molecule has 0 aromatic heterocycles. The highest BCUT2D eigenvalue weighted by atomic mass is 16.5. The molecule has 2 aromatic rings. The van der Waals surface area contributed by atoms with Crippen molar-refractivity contribution in [1.29, 1.82) is 0 Å². The Morgan fingerprint density at radius 3 is 2.33 bits per heavy atom. The second-order valence-corrected chi connectivity index (χ2v) is 5.92. The van der Waals surface area contributed by atoms with Gasteiger partial charge < -0.3 is 9.47 Å². The van der Waals surface area contributed by atoms with E-state index >= 15 is 0 Å². The third kappa shape index (κ3) is 7.09. The lowest BCUT2D eigenvalue weighted by molar-refractivity contribution is 0.0447. The molecule has 3 heteroatoms. The summed E-state index contributed by atoms with van der Waals surface area (Å²) in [6, 6.07) is 12.0. The first-order valence-corrected chi connectivity index (χ1v) is 8.60. The molecular weight excluding hydrogens is 336 g/mol. The summed E-state index contributed by atoms with van der Waals surface area (Å²) in [5, 5.41) is 0. The molecule has 0 N–H and O–H groups in total. The van der Waals surface area contributed by atoms with Crippen LogP contribution in [-0.4, -0.2) is 19.1 Å². The van der Waals surface area contributed by atoms with Gasteiger partial charge in [0.2, 0.25) is 0 Å². The molecule has 0 aliphatic carbocycles. The number of carbonyl (C=O) groups excluding carboxylic acids is 1. The van der Waals surface area contributed by atoms with Crippen LogP contribution in [0.2, 0.25) is 0 Å². The first-order chi connectivity index (χ1) is 18.0. The van der Waals surface area contributed by atoms with E-state index < -0.39 is 44.9 Å². The van der Waals surface area contributed by atoms with Crippen LogP contribution in [0.1, 0.15) is 80.8 Å². The van der Waals surface area contributed by atoms with E-state index in [2.05, 4.69) is 0 Å². The predicted molar refractivity (Wildman–Crippen MR) is 111 cm³/mol. The number of esters is 1. The average Bonchev–Trinajstić information content (AvgIpc) is 2.86. The van der Waals surface area contributed by atoms with E-state index in [1.165, 1.54) is 24.3 Å². The van der Waals surface area contributed by atoms with Gasteiger partial charge in [0.15, 0.2) is 0 Å². The van der Waals surface area contributed by atoms with Gasteiger partial charge in [-0.3, -0.25) is 0 Å². The Morgan fingerprint density at radius 1 is 1.04 bits per heavy atom. The minimum atomic E-state index is -4.00. The SMILES string of the molecule is [2H]C([2H])([2H])C([2H])([2H])C([2H])([2H])C([2H])([2H])C([2H])([2H])C([2H])([2H])Oc1ccc(-c2ccc(C(=O)OCC(C)CC)cc2)cc1. The zero-order chi connectivity index (χ0) is 30.9. The van der Waals surface area contributed by atoms with Gasteiger partial charge in [-0.15, -0.1) is 0 Å². The standard InChI is InChI=1S/C24H32O3/c1-4-6-7-8-17-26-23-15-13-21(14-16-23)20-9-11-22(12-10-20)24(25)27-18-19(3)5-2/h9-16,19H,4-8,17-18H2,1-3H3/i1D3,4D2,6D2,7D2,8D2,17D2. The Kier molecular flexibility index (Phi) is 3.92. The lowest BCUT2D eigenvalue weighted by Crippen LogP contribution is -2.11. The minimum Gasteiger partial charge on any atom is -0.494 e. The number of carbonyl (C=O) groups is 1. The topological polar surface area (TPSA) is 35.5 Å². The molecule has 146 valence electrons. The molecule has 2 aromatic carbocycles. The fourth-order valence-corrected chi connectivity index (χ4v) is 2.11. The van der Waals surface area contributed by atoms with Crippen LogP contribution in [0.5, 0.6) is 5.75 Å². The van der Waals surface area contributed by atoms with Gasteiger partial charge in [0, 0.05) is 15.1 Å². The zero-order valence-electron chi connectivity index (χ0n) is 28.3. The largest absolute Gasteiger partial charge is 0.494 e. The molecule has 0 saturated heterocycles. The van der Waals surface area contributed by atoms with Gasteiger partial charge in [-0.2, -0.15) is 0 Å². The number of benzene rings is 2. The van der Waals surface area contributed by atoms with Gasteiger partial charge in [0.1, 0.15) is 5.75 Å². The molecule has 0 saturated carbocycles. The fourth-order valence-electron chi connectivity index (χ4n) is 2.11. The summed E-state index contributed by atoms with van der Waals surface area (Å²) in [4.78, 5) is 12.2. The second-order valence-electron chi connectivity index (χ2n) is 5.92. The minimum absolute atomic E-state index is 0.239. The Morgan fingerprint density at radius 2 is 1.70 bits per heavy atom. The fraction of sp³-hybridized carbons (Fsp3) is 0.458. The van der Waals surface area contributed by atoms with E-state index in [1.54, 1.807) is 24.3 Å². The van der Waals surface area contributed by atoms with E-state index in [0.29, 0.717) is 23.3 Å². The van der Waals surface area contributed by atoms with Crippen molar-refractivity contribution in [3.63, 3.8) is 0 Å². The summed E-state index contributed by atoms with van der Waals surface area (Å²) < 4.78 is 112. The molecule has 0 spiro atoms. The lowest BCUT2D eigenvalue weighted by atomic mass is 10.0. The van der Waals surface area contributed by atoms with Crippen molar-refractivity contribution in [3.8, 4) is 16.9 Å². The second kappa shape index (κ2) is 11.4.